The topological polar surface area (TPSA) is 85.6 Å². The number of carbonyl (C=O) groups excluding carboxylic acids is 1. The molecule has 0 radical (unpaired) electrons. The number of aromatic nitrogens is 2. The average Bonchev–Trinajstić information content (AvgIpc) is 3.08. The Morgan fingerprint density at radius 1 is 1.24 bits per heavy atom. The minimum atomic E-state index is -0.937. The van der Waals surface area contributed by atoms with E-state index in [1.807, 2.05) is 44.2 Å². The van der Waals surface area contributed by atoms with E-state index >= 15 is 0 Å². The second-order valence-corrected chi connectivity index (χ2v) is 8.58. The lowest BCUT2D eigenvalue weighted by atomic mass is 9.97. The van der Waals surface area contributed by atoms with Gasteiger partial charge in [0.2, 0.25) is 0 Å². The fraction of sp³-hybridized carbons (Fsp3) is 0.545. The van der Waals surface area contributed by atoms with E-state index in [-0.39, 0.29) is 12.6 Å². The molecule has 0 aliphatic rings. The van der Waals surface area contributed by atoms with Crippen LogP contribution in [0.25, 0.3) is 0 Å². The number of alkyl carbamates (subject to hydrolysis) is 1. The zero-order chi connectivity index (χ0) is 21.4. The van der Waals surface area contributed by atoms with E-state index in [0.717, 1.165) is 5.56 Å². The summed E-state index contributed by atoms with van der Waals surface area (Å²) in [6, 6.07) is 9.36. The number of amides is 1. The highest BCUT2D eigenvalue weighted by atomic mass is 16.6. The van der Waals surface area contributed by atoms with Gasteiger partial charge in [-0.3, -0.25) is 0 Å². The molecule has 0 aliphatic heterocycles. The Labute approximate surface area is 173 Å². The molecule has 7 nitrogen and oxygen atoms in total. The molecule has 1 aromatic carbocycles. The summed E-state index contributed by atoms with van der Waals surface area (Å²) in [7, 11) is 0. The number of benzene rings is 1. The first-order valence-corrected chi connectivity index (χ1v) is 9.95. The van der Waals surface area contributed by atoms with Crippen LogP contribution in [0.2, 0.25) is 0 Å². The normalized spacial score (nSPS) is 13.9. The van der Waals surface area contributed by atoms with Crippen molar-refractivity contribution in [1.29, 1.82) is 0 Å². The van der Waals surface area contributed by atoms with Crippen molar-refractivity contribution >= 4 is 6.09 Å². The highest BCUT2D eigenvalue weighted by molar-refractivity contribution is 5.68. The summed E-state index contributed by atoms with van der Waals surface area (Å²) >= 11 is 0. The second kappa shape index (κ2) is 10.4. The second-order valence-electron chi connectivity index (χ2n) is 8.58. The third kappa shape index (κ3) is 7.87. The van der Waals surface area contributed by atoms with E-state index in [0.29, 0.717) is 18.7 Å². The Kier molecular flexibility index (Phi) is 8.22. The summed E-state index contributed by atoms with van der Waals surface area (Å²) in [5.74, 6) is 0.273. The van der Waals surface area contributed by atoms with Crippen molar-refractivity contribution in [1.82, 2.24) is 14.9 Å². The van der Waals surface area contributed by atoms with Crippen molar-refractivity contribution in [2.24, 2.45) is 5.92 Å². The zero-order valence-corrected chi connectivity index (χ0v) is 18.0. The number of ether oxygens (including phenoxy) is 2. The van der Waals surface area contributed by atoms with Crippen molar-refractivity contribution < 1.29 is 19.4 Å². The molecule has 1 unspecified atom stereocenters. The number of hydrogen-bond donors (Lipinski definition) is 2. The van der Waals surface area contributed by atoms with Crippen molar-refractivity contribution in [3.8, 4) is 0 Å². The van der Waals surface area contributed by atoms with Gasteiger partial charge in [0.25, 0.3) is 0 Å². The SMILES string of the molecule is CC(C)C[C@H](NC(=O)OC(C)(C)C)C(O)c1cncn1COCc1ccccc1. The van der Waals surface area contributed by atoms with Crippen molar-refractivity contribution in [2.45, 2.75) is 72.1 Å². The quantitative estimate of drug-likeness (QED) is 0.660. The van der Waals surface area contributed by atoms with Crippen LogP contribution < -0.4 is 5.32 Å². The summed E-state index contributed by atoms with van der Waals surface area (Å²) in [5.41, 5.74) is 1.04. The molecule has 7 heteroatoms. The number of aliphatic hydroxyl groups is 1. The van der Waals surface area contributed by atoms with Gasteiger partial charge in [-0.15, -0.1) is 0 Å². The molecule has 0 aliphatic carbocycles. The van der Waals surface area contributed by atoms with Gasteiger partial charge in [0, 0.05) is 0 Å². The van der Waals surface area contributed by atoms with Gasteiger partial charge in [0.15, 0.2) is 0 Å². The number of nitrogens with one attached hydrogen (secondary N) is 1. The van der Waals surface area contributed by atoms with Crippen LogP contribution in [0, 0.1) is 5.92 Å². The molecule has 29 heavy (non-hydrogen) atoms. The van der Waals surface area contributed by atoms with Crippen LogP contribution in [0.4, 0.5) is 4.79 Å². The van der Waals surface area contributed by atoms with E-state index in [9.17, 15) is 9.90 Å². The lowest BCUT2D eigenvalue weighted by Crippen LogP contribution is -2.43. The molecule has 0 saturated heterocycles. The van der Waals surface area contributed by atoms with Crippen LogP contribution in [0.1, 0.15) is 58.4 Å². The van der Waals surface area contributed by atoms with E-state index in [2.05, 4.69) is 10.3 Å². The third-order valence-electron chi connectivity index (χ3n) is 4.20. The Bertz CT molecular complexity index is 753. The molecule has 2 rings (SSSR count). The summed E-state index contributed by atoms with van der Waals surface area (Å²) in [4.78, 5) is 16.4. The summed E-state index contributed by atoms with van der Waals surface area (Å²) in [6.45, 7) is 10.2. The third-order valence-corrected chi connectivity index (χ3v) is 4.20. The van der Waals surface area contributed by atoms with Gasteiger partial charge in [0.1, 0.15) is 18.4 Å². The first kappa shape index (κ1) is 22.9. The Morgan fingerprint density at radius 3 is 2.55 bits per heavy atom. The molecule has 1 amide bonds. The first-order valence-electron chi connectivity index (χ1n) is 9.95. The molecule has 1 aromatic heterocycles. The lowest BCUT2D eigenvalue weighted by Gasteiger charge is -2.28. The zero-order valence-electron chi connectivity index (χ0n) is 18.0. The molecule has 2 N–H and O–H groups in total. The van der Waals surface area contributed by atoms with Crippen LogP contribution in [-0.2, 0) is 22.8 Å². The Hall–Kier alpha value is -2.38. The van der Waals surface area contributed by atoms with Gasteiger partial charge in [-0.2, -0.15) is 0 Å². The maximum atomic E-state index is 12.2. The largest absolute Gasteiger partial charge is 0.444 e. The van der Waals surface area contributed by atoms with Gasteiger partial charge >= 0.3 is 6.09 Å². The fourth-order valence-corrected chi connectivity index (χ4v) is 2.96. The Balaban J connectivity index is 2.03. The van der Waals surface area contributed by atoms with Gasteiger partial charge in [-0.25, -0.2) is 9.78 Å². The monoisotopic (exact) mass is 403 g/mol. The minimum Gasteiger partial charge on any atom is -0.444 e. The highest BCUT2D eigenvalue weighted by Crippen LogP contribution is 2.22. The van der Waals surface area contributed by atoms with Gasteiger partial charge < -0.3 is 24.5 Å². The molecule has 2 aromatic rings. The molecule has 1 heterocycles. The van der Waals surface area contributed by atoms with Crippen molar-refractivity contribution in [3.63, 3.8) is 0 Å². The predicted molar refractivity (Wildman–Crippen MR) is 111 cm³/mol. The summed E-state index contributed by atoms with van der Waals surface area (Å²) in [6.07, 6.45) is 2.32. The van der Waals surface area contributed by atoms with Gasteiger partial charge in [0.05, 0.1) is 30.9 Å². The molecular weight excluding hydrogens is 370 g/mol. The first-order chi connectivity index (χ1) is 13.7. The number of rotatable bonds is 9. The predicted octanol–water partition coefficient (Wildman–Crippen LogP) is 4.03. The van der Waals surface area contributed by atoms with Crippen molar-refractivity contribution in [3.05, 3.63) is 54.1 Å². The van der Waals surface area contributed by atoms with Crippen LogP contribution in [0.3, 0.4) is 0 Å². The van der Waals surface area contributed by atoms with Crippen LogP contribution in [-0.4, -0.2) is 32.4 Å². The molecule has 0 fully saturated rings. The van der Waals surface area contributed by atoms with Crippen LogP contribution in [0.15, 0.2) is 42.9 Å². The number of hydrogen-bond acceptors (Lipinski definition) is 5. The van der Waals surface area contributed by atoms with Crippen LogP contribution >= 0.6 is 0 Å². The molecule has 160 valence electrons. The standard InChI is InChI=1S/C22H33N3O4/c1-16(2)11-18(24-21(27)29-22(3,4)5)20(26)19-12-23-14-25(19)15-28-13-17-9-7-6-8-10-17/h6-10,12,14,16,18,20,26H,11,13,15H2,1-5H3,(H,24,27)/t18-,20?/m0/s1. The number of nitrogens with zero attached hydrogens (tertiary/aromatic N) is 2. The molecule has 0 spiro atoms. The number of carbonyl (C=O) groups is 1. The van der Waals surface area contributed by atoms with Crippen LogP contribution in [0.5, 0.6) is 0 Å². The lowest BCUT2D eigenvalue weighted by molar-refractivity contribution is 0.0343. The molecule has 0 saturated carbocycles. The van der Waals surface area contributed by atoms with Crippen molar-refractivity contribution in [2.75, 3.05) is 0 Å². The maximum Gasteiger partial charge on any atom is 0.407 e. The fourth-order valence-electron chi connectivity index (χ4n) is 2.96. The van der Waals surface area contributed by atoms with Gasteiger partial charge in [-0.1, -0.05) is 44.2 Å². The Morgan fingerprint density at radius 2 is 1.93 bits per heavy atom. The van der Waals surface area contributed by atoms with E-state index in [1.54, 1.807) is 37.9 Å². The maximum absolute atomic E-state index is 12.2. The summed E-state index contributed by atoms with van der Waals surface area (Å²) in [5, 5.41) is 13.8. The average molecular weight is 404 g/mol. The minimum absolute atomic E-state index is 0.252. The number of aliphatic hydroxyl groups excluding tert-OH is 1. The summed E-state index contributed by atoms with van der Waals surface area (Å²) < 4.78 is 12.9. The number of imidazole rings is 1. The van der Waals surface area contributed by atoms with E-state index in [1.165, 1.54) is 0 Å². The van der Waals surface area contributed by atoms with E-state index in [4.69, 9.17) is 9.47 Å². The highest BCUT2D eigenvalue weighted by Gasteiger charge is 2.28. The van der Waals surface area contributed by atoms with E-state index < -0.39 is 23.8 Å². The molecule has 2 atom stereocenters. The molecule has 0 bridgehead atoms. The molecular formula is C22H33N3O4. The van der Waals surface area contributed by atoms with Gasteiger partial charge in [-0.05, 0) is 38.7 Å². The smallest absolute Gasteiger partial charge is 0.407 e.